The third-order valence-corrected chi connectivity index (χ3v) is 5.92. The standard InChI is InChI=1S/C21H16Cl2F3N3S/c22-14-5-8-16(17(23)12-14)19-18-2-1-9-28(18)10-11-29(19)20(30)27-15-6-3-13(4-7-15)21(24,25)26/h1-9,12,19H,10-11H2,(H,27,30). The molecule has 3 nitrogen and oxygen atoms in total. The lowest BCUT2D eigenvalue weighted by Gasteiger charge is -2.39. The monoisotopic (exact) mass is 469 g/mol. The number of hydrogen-bond donors (Lipinski definition) is 1. The summed E-state index contributed by atoms with van der Waals surface area (Å²) >= 11 is 18.2. The summed E-state index contributed by atoms with van der Waals surface area (Å²) in [5.74, 6) is 0. The van der Waals surface area contributed by atoms with E-state index in [2.05, 4.69) is 9.88 Å². The zero-order valence-corrected chi connectivity index (χ0v) is 17.8. The minimum absolute atomic E-state index is 0.257. The second kappa shape index (κ2) is 8.13. The lowest BCUT2D eigenvalue weighted by molar-refractivity contribution is -0.137. The molecule has 0 saturated heterocycles. The molecular weight excluding hydrogens is 454 g/mol. The Kier molecular flexibility index (Phi) is 5.70. The van der Waals surface area contributed by atoms with Crippen molar-refractivity contribution in [3.05, 3.63) is 87.7 Å². The van der Waals surface area contributed by atoms with Crippen LogP contribution >= 0.6 is 35.4 Å². The van der Waals surface area contributed by atoms with E-state index in [-0.39, 0.29) is 6.04 Å². The molecule has 3 aromatic rings. The molecule has 0 aliphatic carbocycles. The highest BCUT2D eigenvalue weighted by Crippen LogP contribution is 2.37. The number of hydrogen-bond acceptors (Lipinski definition) is 1. The van der Waals surface area contributed by atoms with E-state index in [1.54, 1.807) is 12.1 Å². The van der Waals surface area contributed by atoms with Crippen LogP contribution < -0.4 is 5.32 Å². The number of thiocarbonyl (C=S) groups is 1. The second-order valence-corrected chi connectivity index (χ2v) is 8.12. The Hall–Kier alpha value is -2.22. The van der Waals surface area contributed by atoms with Crippen molar-refractivity contribution in [2.24, 2.45) is 0 Å². The largest absolute Gasteiger partial charge is 0.416 e. The minimum atomic E-state index is -4.38. The second-order valence-electron chi connectivity index (χ2n) is 6.89. The molecule has 0 radical (unpaired) electrons. The molecule has 0 bridgehead atoms. The van der Waals surface area contributed by atoms with Crippen LogP contribution in [0.5, 0.6) is 0 Å². The Labute approximate surface area is 187 Å². The Morgan fingerprint density at radius 2 is 1.77 bits per heavy atom. The van der Waals surface area contributed by atoms with Gasteiger partial charge in [0.15, 0.2) is 5.11 Å². The molecule has 1 aromatic heterocycles. The van der Waals surface area contributed by atoms with E-state index in [4.69, 9.17) is 35.4 Å². The number of anilines is 1. The smallest absolute Gasteiger partial charge is 0.348 e. The number of alkyl halides is 3. The number of benzene rings is 2. The predicted octanol–water partition coefficient (Wildman–Crippen LogP) is 6.62. The summed E-state index contributed by atoms with van der Waals surface area (Å²) in [6, 6.07) is 13.8. The van der Waals surface area contributed by atoms with Gasteiger partial charge in [-0.2, -0.15) is 13.2 Å². The van der Waals surface area contributed by atoms with Crippen molar-refractivity contribution >= 4 is 46.2 Å². The van der Waals surface area contributed by atoms with E-state index < -0.39 is 11.7 Å². The number of nitrogens with zero attached hydrogens (tertiary/aromatic N) is 2. The first-order valence-electron chi connectivity index (χ1n) is 9.09. The normalized spacial score (nSPS) is 16.3. The van der Waals surface area contributed by atoms with Gasteiger partial charge < -0.3 is 14.8 Å². The minimum Gasteiger partial charge on any atom is -0.348 e. The number of halogens is 5. The van der Waals surface area contributed by atoms with Crippen molar-refractivity contribution in [3.63, 3.8) is 0 Å². The summed E-state index contributed by atoms with van der Waals surface area (Å²) in [6.07, 6.45) is -2.39. The number of rotatable bonds is 2. The number of aromatic nitrogens is 1. The summed E-state index contributed by atoms with van der Waals surface area (Å²) in [5, 5.41) is 4.51. The maximum absolute atomic E-state index is 12.8. The summed E-state index contributed by atoms with van der Waals surface area (Å²) in [7, 11) is 0. The zero-order valence-electron chi connectivity index (χ0n) is 15.5. The van der Waals surface area contributed by atoms with Gasteiger partial charge in [-0.05, 0) is 66.3 Å². The van der Waals surface area contributed by atoms with Crippen LogP contribution in [0.25, 0.3) is 0 Å². The average Bonchev–Trinajstić information content (AvgIpc) is 3.16. The fraction of sp³-hybridized carbons (Fsp3) is 0.190. The first kappa shape index (κ1) is 21.0. The molecule has 1 aliphatic rings. The Morgan fingerprint density at radius 1 is 1.03 bits per heavy atom. The van der Waals surface area contributed by atoms with Crippen molar-refractivity contribution in [3.8, 4) is 0 Å². The van der Waals surface area contributed by atoms with Gasteiger partial charge >= 0.3 is 6.18 Å². The molecule has 1 aliphatic heterocycles. The van der Waals surface area contributed by atoms with Crippen LogP contribution in [0.2, 0.25) is 10.0 Å². The van der Waals surface area contributed by atoms with Gasteiger partial charge in [0.25, 0.3) is 0 Å². The van der Waals surface area contributed by atoms with Crippen LogP contribution in [0, 0.1) is 0 Å². The Balaban J connectivity index is 1.64. The van der Waals surface area contributed by atoms with E-state index in [0.29, 0.717) is 27.4 Å². The summed E-state index contributed by atoms with van der Waals surface area (Å²) < 4.78 is 40.6. The highest BCUT2D eigenvalue weighted by molar-refractivity contribution is 7.80. The van der Waals surface area contributed by atoms with E-state index in [1.807, 2.05) is 29.3 Å². The fourth-order valence-electron chi connectivity index (χ4n) is 3.59. The van der Waals surface area contributed by atoms with Gasteiger partial charge in [-0.3, -0.25) is 0 Å². The van der Waals surface area contributed by atoms with Gasteiger partial charge in [0.1, 0.15) is 0 Å². The SMILES string of the molecule is FC(F)(F)c1ccc(NC(=S)N2CCn3cccc3C2c2ccc(Cl)cc2Cl)cc1. The van der Waals surface area contributed by atoms with Crippen LogP contribution in [-0.2, 0) is 12.7 Å². The van der Waals surface area contributed by atoms with Crippen molar-refractivity contribution in [1.82, 2.24) is 9.47 Å². The van der Waals surface area contributed by atoms with Gasteiger partial charge in [0, 0.05) is 40.7 Å². The molecule has 4 rings (SSSR count). The zero-order chi connectivity index (χ0) is 21.5. The van der Waals surface area contributed by atoms with Crippen LogP contribution in [0.15, 0.2) is 60.8 Å². The van der Waals surface area contributed by atoms with Crippen LogP contribution in [0.4, 0.5) is 18.9 Å². The Morgan fingerprint density at radius 3 is 2.43 bits per heavy atom. The quantitative estimate of drug-likeness (QED) is 0.426. The molecule has 2 heterocycles. The fourth-order valence-corrected chi connectivity index (χ4v) is 4.42. The molecule has 156 valence electrons. The van der Waals surface area contributed by atoms with E-state index >= 15 is 0 Å². The lowest BCUT2D eigenvalue weighted by atomic mass is 10.00. The molecular formula is C21H16Cl2F3N3S. The molecule has 9 heteroatoms. The molecule has 30 heavy (non-hydrogen) atoms. The molecule has 1 atom stereocenters. The number of nitrogens with one attached hydrogen (secondary N) is 1. The third kappa shape index (κ3) is 4.15. The highest BCUT2D eigenvalue weighted by Gasteiger charge is 2.32. The van der Waals surface area contributed by atoms with Gasteiger partial charge in [0.05, 0.1) is 11.6 Å². The van der Waals surface area contributed by atoms with Gasteiger partial charge in [0.2, 0.25) is 0 Å². The molecule has 1 N–H and O–H groups in total. The van der Waals surface area contributed by atoms with Crippen molar-refractivity contribution in [2.75, 3.05) is 11.9 Å². The average molecular weight is 470 g/mol. The molecule has 2 aromatic carbocycles. The first-order valence-corrected chi connectivity index (χ1v) is 10.3. The van der Waals surface area contributed by atoms with Crippen LogP contribution in [-0.4, -0.2) is 21.1 Å². The summed E-state index contributed by atoms with van der Waals surface area (Å²) in [5.41, 5.74) is 1.63. The molecule has 1 unspecified atom stereocenters. The molecule has 0 saturated carbocycles. The maximum atomic E-state index is 12.8. The summed E-state index contributed by atoms with van der Waals surface area (Å²) in [6.45, 7) is 1.33. The molecule has 0 amide bonds. The third-order valence-electron chi connectivity index (χ3n) is 5.02. The van der Waals surface area contributed by atoms with Gasteiger partial charge in [-0.25, -0.2) is 0 Å². The maximum Gasteiger partial charge on any atom is 0.416 e. The first-order chi connectivity index (χ1) is 14.2. The topological polar surface area (TPSA) is 20.2 Å². The predicted molar refractivity (Wildman–Crippen MR) is 117 cm³/mol. The van der Waals surface area contributed by atoms with E-state index in [9.17, 15) is 13.2 Å². The lowest BCUT2D eigenvalue weighted by Crippen LogP contribution is -2.44. The van der Waals surface area contributed by atoms with Gasteiger partial charge in [-0.15, -0.1) is 0 Å². The van der Waals surface area contributed by atoms with Crippen LogP contribution in [0.1, 0.15) is 22.9 Å². The Bertz CT molecular complexity index is 1080. The summed E-state index contributed by atoms with van der Waals surface area (Å²) in [4.78, 5) is 1.98. The highest BCUT2D eigenvalue weighted by atomic mass is 35.5. The van der Waals surface area contributed by atoms with Crippen LogP contribution in [0.3, 0.4) is 0 Å². The van der Waals surface area contributed by atoms with Gasteiger partial charge in [-0.1, -0.05) is 29.3 Å². The van der Waals surface area contributed by atoms with Crippen molar-refractivity contribution in [2.45, 2.75) is 18.8 Å². The molecule has 0 fully saturated rings. The molecule has 0 spiro atoms. The van der Waals surface area contributed by atoms with Crippen molar-refractivity contribution < 1.29 is 13.2 Å². The van der Waals surface area contributed by atoms with E-state index in [0.717, 1.165) is 29.9 Å². The van der Waals surface area contributed by atoms with E-state index in [1.165, 1.54) is 12.1 Å². The van der Waals surface area contributed by atoms with Crippen molar-refractivity contribution in [1.29, 1.82) is 0 Å². The number of fused-ring (bicyclic) bond motifs is 1.